The van der Waals surface area contributed by atoms with Crippen molar-refractivity contribution in [1.82, 2.24) is 19.6 Å². The molecule has 0 aliphatic carbocycles. The van der Waals surface area contributed by atoms with Crippen molar-refractivity contribution in [2.75, 3.05) is 24.8 Å². The van der Waals surface area contributed by atoms with Crippen molar-refractivity contribution in [1.29, 1.82) is 0 Å². The number of nitrogens with zero attached hydrogens (tertiary/aromatic N) is 4. The molecule has 2 aromatic rings. The van der Waals surface area contributed by atoms with Gasteiger partial charge in [0.25, 0.3) is 5.91 Å². The molecule has 102 valence electrons. The topological polar surface area (TPSA) is 100.0 Å². The molecule has 0 radical (unpaired) electrons. The van der Waals surface area contributed by atoms with Crippen LogP contribution in [0.2, 0.25) is 0 Å². The Kier molecular flexibility index (Phi) is 3.81. The van der Waals surface area contributed by atoms with E-state index in [-0.39, 0.29) is 11.6 Å². The Morgan fingerprint density at radius 2 is 2.32 bits per heavy atom. The highest BCUT2D eigenvalue weighted by Gasteiger charge is 2.14. The summed E-state index contributed by atoms with van der Waals surface area (Å²) in [6.45, 7) is 1.18. The SMILES string of the molecule is COCCn1cc(NC(=O)c2nn(C)cc2N)cn1. The number of aryl methyl sites for hydroxylation is 1. The summed E-state index contributed by atoms with van der Waals surface area (Å²) in [4.78, 5) is 11.9. The third kappa shape index (κ3) is 3.10. The monoisotopic (exact) mass is 264 g/mol. The van der Waals surface area contributed by atoms with Crippen molar-refractivity contribution in [3.05, 3.63) is 24.3 Å². The summed E-state index contributed by atoms with van der Waals surface area (Å²) in [6, 6.07) is 0. The molecule has 0 saturated heterocycles. The Morgan fingerprint density at radius 1 is 1.53 bits per heavy atom. The summed E-state index contributed by atoms with van der Waals surface area (Å²) >= 11 is 0. The van der Waals surface area contributed by atoms with Crippen LogP contribution in [0.15, 0.2) is 18.6 Å². The van der Waals surface area contributed by atoms with Crippen molar-refractivity contribution in [2.45, 2.75) is 6.54 Å². The first-order valence-electron chi connectivity index (χ1n) is 5.72. The highest BCUT2D eigenvalue weighted by Crippen LogP contribution is 2.12. The van der Waals surface area contributed by atoms with Gasteiger partial charge in [-0.1, -0.05) is 0 Å². The summed E-state index contributed by atoms with van der Waals surface area (Å²) in [6.07, 6.45) is 4.86. The number of carbonyl (C=O) groups excluding carboxylic acids is 1. The molecule has 2 aromatic heterocycles. The average Bonchev–Trinajstić information content (AvgIpc) is 2.93. The number of methoxy groups -OCH3 is 1. The largest absolute Gasteiger partial charge is 0.396 e. The van der Waals surface area contributed by atoms with Gasteiger partial charge in [-0.2, -0.15) is 10.2 Å². The van der Waals surface area contributed by atoms with E-state index in [2.05, 4.69) is 15.5 Å². The molecule has 3 N–H and O–H groups in total. The summed E-state index contributed by atoms with van der Waals surface area (Å²) in [7, 11) is 3.33. The molecule has 0 bridgehead atoms. The second kappa shape index (κ2) is 5.53. The maximum Gasteiger partial charge on any atom is 0.278 e. The number of rotatable bonds is 5. The molecule has 0 fully saturated rings. The molecule has 2 heterocycles. The Hall–Kier alpha value is -2.35. The first-order valence-corrected chi connectivity index (χ1v) is 5.72. The van der Waals surface area contributed by atoms with E-state index in [1.807, 2.05) is 0 Å². The van der Waals surface area contributed by atoms with Crippen molar-refractivity contribution in [2.24, 2.45) is 7.05 Å². The van der Waals surface area contributed by atoms with Crippen LogP contribution in [0, 0.1) is 0 Å². The third-order valence-electron chi connectivity index (χ3n) is 2.49. The molecule has 19 heavy (non-hydrogen) atoms. The van der Waals surface area contributed by atoms with Crippen LogP contribution < -0.4 is 11.1 Å². The number of ether oxygens (including phenoxy) is 1. The first-order chi connectivity index (χ1) is 9.10. The predicted octanol–water partition coefficient (Wildman–Crippen LogP) is 0.0975. The minimum atomic E-state index is -0.357. The second-order valence-corrected chi connectivity index (χ2v) is 4.05. The van der Waals surface area contributed by atoms with E-state index in [1.54, 1.807) is 37.4 Å². The van der Waals surface area contributed by atoms with E-state index >= 15 is 0 Å². The number of amides is 1. The number of hydrogen-bond acceptors (Lipinski definition) is 5. The van der Waals surface area contributed by atoms with Gasteiger partial charge in [-0.25, -0.2) is 0 Å². The summed E-state index contributed by atoms with van der Waals surface area (Å²) < 4.78 is 8.12. The van der Waals surface area contributed by atoms with Gasteiger partial charge < -0.3 is 15.8 Å². The van der Waals surface area contributed by atoms with Crippen LogP contribution in [0.3, 0.4) is 0 Å². The summed E-state index contributed by atoms with van der Waals surface area (Å²) in [5.41, 5.74) is 6.82. The number of carbonyl (C=O) groups is 1. The van der Waals surface area contributed by atoms with E-state index < -0.39 is 0 Å². The van der Waals surface area contributed by atoms with Gasteiger partial charge in [-0.3, -0.25) is 14.2 Å². The fourth-order valence-corrected chi connectivity index (χ4v) is 1.61. The highest BCUT2D eigenvalue weighted by atomic mass is 16.5. The number of anilines is 2. The molecule has 8 nitrogen and oxygen atoms in total. The normalized spacial score (nSPS) is 10.6. The van der Waals surface area contributed by atoms with Gasteiger partial charge in [-0.15, -0.1) is 0 Å². The molecular formula is C11H16N6O2. The van der Waals surface area contributed by atoms with Gasteiger partial charge >= 0.3 is 0 Å². The van der Waals surface area contributed by atoms with Gasteiger partial charge in [0, 0.05) is 26.6 Å². The van der Waals surface area contributed by atoms with Crippen molar-refractivity contribution >= 4 is 17.3 Å². The molecule has 0 aliphatic heterocycles. The van der Waals surface area contributed by atoms with E-state index in [0.29, 0.717) is 24.5 Å². The number of nitrogen functional groups attached to an aromatic ring is 1. The fourth-order valence-electron chi connectivity index (χ4n) is 1.61. The molecule has 0 aromatic carbocycles. The molecule has 0 aliphatic rings. The number of aromatic nitrogens is 4. The molecular weight excluding hydrogens is 248 g/mol. The smallest absolute Gasteiger partial charge is 0.278 e. The lowest BCUT2D eigenvalue weighted by atomic mass is 10.3. The number of nitrogens with two attached hydrogens (primary N) is 1. The highest BCUT2D eigenvalue weighted by molar-refractivity contribution is 6.06. The maximum absolute atomic E-state index is 11.9. The van der Waals surface area contributed by atoms with Gasteiger partial charge in [0.05, 0.1) is 30.7 Å². The van der Waals surface area contributed by atoms with Gasteiger partial charge in [0.2, 0.25) is 0 Å². The molecule has 0 unspecified atom stereocenters. The molecule has 0 spiro atoms. The van der Waals surface area contributed by atoms with E-state index in [0.717, 1.165) is 0 Å². The van der Waals surface area contributed by atoms with Crippen molar-refractivity contribution in [3.63, 3.8) is 0 Å². The Balaban J connectivity index is 2.02. The van der Waals surface area contributed by atoms with Crippen LogP contribution in [0.25, 0.3) is 0 Å². The van der Waals surface area contributed by atoms with Gasteiger partial charge in [0.15, 0.2) is 5.69 Å². The molecule has 8 heteroatoms. The quantitative estimate of drug-likeness (QED) is 0.797. The number of hydrogen-bond donors (Lipinski definition) is 2. The predicted molar refractivity (Wildman–Crippen MR) is 69.7 cm³/mol. The van der Waals surface area contributed by atoms with Crippen LogP contribution in [0.5, 0.6) is 0 Å². The lowest BCUT2D eigenvalue weighted by Crippen LogP contribution is -2.14. The molecule has 2 rings (SSSR count). The van der Waals surface area contributed by atoms with Crippen molar-refractivity contribution in [3.8, 4) is 0 Å². The average molecular weight is 264 g/mol. The minimum Gasteiger partial charge on any atom is -0.396 e. The Labute approximate surface area is 110 Å². The zero-order chi connectivity index (χ0) is 13.8. The first kappa shape index (κ1) is 13.1. The lowest BCUT2D eigenvalue weighted by molar-refractivity contribution is 0.102. The minimum absolute atomic E-state index is 0.201. The molecule has 0 atom stereocenters. The Bertz CT molecular complexity index is 574. The van der Waals surface area contributed by atoms with Crippen LogP contribution in [0.4, 0.5) is 11.4 Å². The van der Waals surface area contributed by atoms with E-state index in [9.17, 15) is 4.79 Å². The maximum atomic E-state index is 11.9. The summed E-state index contributed by atoms with van der Waals surface area (Å²) in [5, 5.41) is 10.8. The van der Waals surface area contributed by atoms with Gasteiger partial charge in [-0.05, 0) is 0 Å². The molecule has 0 saturated carbocycles. The zero-order valence-corrected chi connectivity index (χ0v) is 10.8. The van der Waals surface area contributed by atoms with E-state index in [4.69, 9.17) is 10.5 Å². The fraction of sp³-hybridized carbons (Fsp3) is 0.364. The number of nitrogens with one attached hydrogen (secondary N) is 1. The van der Waals surface area contributed by atoms with E-state index in [1.165, 1.54) is 4.68 Å². The van der Waals surface area contributed by atoms with Crippen molar-refractivity contribution < 1.29 is 9.53 Å². The third-order valence-corrected chi connectivity index (χ3v) is 2.49. The van der Waals surface area contributed by atoms with Crippen LogP contribution in [-0.2, 0) is 18.3 Å². The summed E-state index contributed by atoms with van der Waals surface area (Å²) in [5.74, 6) is -0.357. The van der Waals surface area contributed by atoms with Crippen LogP contribution in [0.1, 0.15) is 10.5 Å². The Morgan fingerprint density at radius 3 is 2.95 bits per heavy atom. The van der Waals surface area contributed by atoms with Gasteiger partial charge in [0.1, 0.15) is 0 Å². The standard InChI is InChI=1S/C11H16N6O2/c1-16-7-9(12)10(15-16)11(18)14-8-5-13-17(6-8)3-4-19-2/h5-7H,3-4,12H2,1-2H3,(H,14,18). The van der Waals surface area contributed by atoms with Crippen LogP contribution >= 0.6 is 0 Å². The lowest BCUT2D eigenvalue weighted by Gasteiger charge is -2.00. The zero-order valence-electron chi connectivity index (χ0n) is 10.8. The molecule has 1 amide bonds. The second-order valence-electron chi connectivity index (χ2n) is 4.05. The van der Waals surface area contributed by atoms with Crippen LogP contribution in [-0.4, -0.2) is 39.2 Å².